The van der Waals surface area contributed by atoms with Gasteiger partial charge in [0.1, 0.15) is 5.76 Å². The molecule has 0 N–H and O–H groups in total. The van der Waals surface area contributed by atoms with E-state index in [9.17, 15) is 4.79 Å². The highest BCUT2D eigenvalue weighted by molar-refractivity contribution is 5.95. The number of rotatable bonds is 3. The molecule has 0 bridgehead atoms. The first-order valence-electron chi connectivity index (χ1n) is 7.66. The summed E-state index contributed by atoms with van der Waals surface area (Å²) in [7, 11) is 0. The van der Waals surface area contributed by atoms with E-state index in [-0.39, 0.29) is 12.0 Å². The SMILES string of the molecule is Cc1cc(C(=O)N2CCO[C@@H](C)C2)c(C)n1Cc1ccco1. The minimum Gasteiger partial charge on any atom is -0.467 e. The van der Waals surface area contributed by atoms with Crippen LogP contribution in [0.3, 0.4) is 0 Å². The highest BCUT2D eigenvalue weighted by atomic mass is 16.5. The average Bonchev–Trinajstić information content (AvgIpc) is 3.10. The molecule has 3 rings (SSSR count). The predicted molar refractivity (Wildman–Crippen MR) is 83.0 cm³/mol. The van der Waals surface area contributed by atoms with Crippen LogP contribution in [0, 0.1) is 13.8 Å². The van der Waals surface area contributed by atoms with Crippen molar-refractivity contribution in [3.8, 4) is 0 Å². The zero-order valence-corrected chi connectivity index (χ0v) is 13.3. The van der Waals surface area contributed by atoms with Crippen LogP contribution < -0.4 is 0 Å². The molecule has 1 saturated heterocycles. The zero-order chi connectivity index (χ0) is 15.7. The minimum atomic E-state index is 0.0916. The fraction of sp³-hybridized carbons (Fsp3) is 0.471. The van der Waals surface area contributed by atoms with Crippen molar-refractivity contribution in [1.29, 1.82) is 0 Å². The van der Waals surface area contributed by atoms with Crippen LogP contribution >= 0.6 is 0 Å². The summed E-state index contributed by atoms with van der Waals surface area (Å²) >= 11 is 0. The van der Waals surface area contributed by atoms with Crippen LogP contribution in [0.15, 0.2) is 28.9 Å². The van der Waals surface area contributed by atoms with Gasteiger partial charge in [0.15, 0.2) is 0 Å². The molecular weight excluding hydrogens is 280 g/mol. The monoisotopic (exact) mass is 302 g/mol. The average molecular weight is 302 g/mol. The molecule has 22 heavy (non-hydrogen) atoms. The van der Waals surface area contributed by atoms with E-state index in [0.29, 0.717) is 26.2 Å². The summed E-state index contributed by atoms with van der Waals surface area (Å²) in [6.07, 6.45) is 1.77. The van der Waals surface area contributed by atoms with Gasteiger partial charge in [-0.25, -0.2) is 0 Å². The molecule has 2 aromatic rings. The second-order valence-corrected chi connectivity index (χ2v) is 5.88. The van der Waals surface area contributed by atoms with E-state index in [1.807, 2.05) is 43.9 Å². The van der Waals surface area contributed by atoms with Gasteiger partial charge in [0, 0.05) is 24.5 Å². The van der Waals surface area contributed by atoms with Crippen molar-refractivity contribution >= 4 is 5.91 Å². The molecule has 0 aromatic carbocycles. The van der Waals surface area contributed by atoms with Crippen molar-refractivity contribution in [3.63, 3.8) is 0 Å². The van der Waals surface area contributed by atoms with Crippen LogP contribution in [-0.4, -0.2) is 41.2 Å². The van der Waals surface area contributed by atoms with Crippen molar-refractivity contribution in [3.05, 3.63) is 47.2 Å². The highest BCUT2D eigenvalue weighted by Gasteiger charge is 2.25. The Hall–Kier alpha value is -2.01. The number of carbonyl (C=O) groups is 1. The Balaban J connectivity index is 1.83. The molecule has 118 valence electrons. The van der Waals surface area contributed by atoms with E-state index in [2.05, 4.69) is 4.57 Å². The summed E-state index contributed by atoms with van der Waals surface area (Å²) in [6.45, 7) is 8.59. The highest BCUT2D eigenvalue weighted by Crippen LogP contribution is 2.20. The van der Waals surface area contributed by atoms with Crippen molar-refractivity contribution in [2.75, 3.05) is 19.7 Å². The molecule has 0 saturated carbocycles. The number of hydrogen-bond donors (Lipinski definition) is 0. The Labute approximate surface area is 130 Å². The van der Waals surface area contributed by atoms with Crippen molar-refractivity contribution in [2.24, 2.45) is 0 Å². The van der Waals surface area contributed by atoms with Gasteiger partial charge in [0.2, 0.25) is 0 Å². The molecular formula is C17H22N2O3. The predicted octanol–water partition coefficient (Wildman–Crippen LogP) is 2.61. The maximum absolute atomic E-state index is 12.8. The molecule has 1 atom stereocenters. The number of ether oxygens (including phenoxy) is 1. The Morgan fingerprint density at radius 2 is 2.23 bits per heavy atom. The lowest BCUT2D eigenvalue weighted by molar-refractivity contribution is -0.0124. The maximum Gasteiger partial charge on any atom is 0.255 e. The van der Waals surface area contributed by atoms with Gasteiger partial charge in [-0.2, -0.15) is 0 Å². The topological polar surface area (TPSA) is 47.6 Å². The molecule has 0 radical (unpaired) electrons. The lowest BCUT2D eigenvalue weighted by Gasteiger charge is -2.31. The first kappa shape index (κ1) is 14.9. The summed E-state index contributed by atoms with van der Waals surface area (Å²) in [5.74, 6) is 0.981. The summed E-state index contributed by atoms with van der Waals surface area (Å²) in [5.41, 5.74) is 2.83. The number of morpholine rings is 1. The van der Waals surface area contributed by atoms with Crippen molar-refractivity contribution < 1.29 is 13.9 Å². The molecule has 1 fully saturated rings. The number of furan rings is 1. The fourth-order valence-corrected chi connectivity index (χ4v) is 2.99. The Bertz CT molecular complexity index is 658. The van der Waals surface area contributed by atoms with Crippen LogP contribution in [0.1, 0.15) is 34.4 Å². The van der Waals surface area contributed by atoms with E-state index in [1.54, 1.807) is 6.26 Å². The number of amides is 1. The van der Waals surface area contributed by atoms with Gasteiger partial charge in [-0.15, -0.1) is 0 Å². The molecule has 3 heterocycles. The smallest absolute Gasteiger partial charge is 0.255 e. The van der Waals surface area contributed by atoms with Crippen molar-refractivity contribution in [1.82, 2.24) is 9.47 Å². The van der Waals surface area contributed by atoms with Gasteiger partial charge in [0.05, 0.1) is 31.1 Å². The van der Waals surface area contributed by atoms with E-state index in [1.165, 1.54) is 0 Å². The standard InChI is InChI=1S/C17H22N2O3/c1-12-9-16(17(20)18-6-8-21-13(2)10-18)14(3)19(12)11-15-5-4-7-22-15/h4-5,7,9,13H,6,8,10-11H2,1-3H3/t13-/m0/s1. The van der Waals surface area contributed by atoms with Crippen LogP contribution in [0.25, 0.3) is 0 Å². The Morgan fingerprint density at radius 3 is 2.91 bits per heavy atom. The van der Waals surface area contributed by atoms with Crippen LogP contribution in [-0.2, 0) is 11.3 Å². The first-order chi connectivity index (χ1) is 10.6. The van der Waals surface area contributed by atoms with Crippen molar-refractivity contribution in [2.45, 2.75) is 33.4 Å². The molecule has 1 aliphatic rings. The molecule has 1 aliphatic heterocycles. The third-order valence-corrected chi connectivity index (χ3v) is 4.23. The second kappa shape index (κ2) is 6.01. The normalized spacial score (nSPS) is 18.7. The number of hydrogen-bond acceptors (Lipinski definition) is 3. The van der Waals surface area contributed by atoms with Gasteiger partial charge in [-0.1, -0.05) is 0 Å². The zero-order valence-electron chi connectivity index (χ0n) is 13.3. The summed E-state index contributed by atoms with van der Waals surface area (Å²) < 4.78 is 13.0. The van der Waals surface area contributed by atoms with E-state index < -0.39 is 0 Å². The van der Waals surface area contributed by atoms with Crippen LogP contribution in [0.5, 0.6) is 0 Å². The van der Waals surface area contributed by atoms with Gasteiger partial charge in [0.25, 0.3) is 5.91 Å². The summed E-state index contributed by atoms with van der Waals surface area (Å²) in [6, 6.07) is 5.80. The van der Waals surface area contributed by atoms with Crippen LogP contribution in [0.4, 0.5) is 0 Å². The van der Waals surface area contributed by atoms with E-state index in [0.717, 1.165) is 22.7 Å². The molecule has 0 spiro atoms. The number of aromatic nitrogens is 1. The number of nitrogens with zero attached hydrogens (tertiary/aromatic N) is 2. The third kappa shape index (κ3) is 2.81. The second-order valence-electron chi connectivity index (χ2n) is 5.88. The molecule has 1 amide bonds. The minimum absolute atomic E-state index is 0.0916. The van der Waals surface area contributed by atoms with Gasteiger partial charge in [-0.3, -0.25) is 4.79 Å². The molecule has 2 aromatic heterocycles. The van der Waals surface area contributed by atoms with Crippen LogP contribution in [0.2, 0.25) is 0 Å². The maximum atomic E-state index is 12.8. The summed E-state index contributed by atoms with van der Waals surface area (Å²) in [4.78, 5) is 14.6. The quantitative estimate of drug-likeness (QED) is 0.875. The summed E-state index contributed by atoms with van der Waals surface area (Å²) in [5, 5.41) is 0. The van der Waals surface area contributed by atoms with E-state index in [4.69, 9.17) is 9.15 Å². The first-order valence-corrected chi connectivity index (χ1v) is 7.66. The van der Waals surface area contributed by atoms with Gasteiger partial charge in [-0.05, 0) is 39.0 Å². The molecule has 5 heteroatoms. The lowest BCUT2D eigenvalue weighted by atomic mass is 10.2. The fourth-order valence-electron chi connectivity index (χ4n) is 2.99. The lowest BCUT2D eigenvalue weighted by Crippen LogP contribution is -2.44. The molecule has 5 nitrogen and oxygen atoms in total. The van der Waals surface area contributed by atoms with Gasteiger partial charge >= 0.3 is 0 Å². The number of carbonyl (C=O) groups excluding carboxylic acids is 1. The Kier molecular flexibility index (Phi) is 4.07. The largest absolute Gasteiger partial charge is 0.467 e. The van der Waals surface area contributed by atoms with E-state index >= 15 is 0 Å². The number of aryl methyl sites for hydroxylation is 1. The third-order valence-electron chi connectivity index (χ3n) is 4.23. The molecule has 0 unspecified atom stereocenters. The Morgan fingerprint density at radius 1 is 1.41 bits per heavy atom. The molecule has 0 aliphatic carbocycles. The van der Waals surface area contributed by atoms with Gasteiger partial charge < -0.3 is 18.6 Å².